The minimum absolute atomic E-state index is 0.0262. The van der Waals surface area contributed by atoms with Crippen molar-refractivity contribution < 1.29 is 17.6 Å². The number of aromatic nitrogens is 1. The van der Waals surface area contributed by atoms with Crippen LogP contribution in [-0.4, -0.2) is 12.0 Å². The summed E-state index contributed by atoms with van der Waals surface area (Å²) in [7, 11) is 1.45. The smallest absolute Gasteiger partial charge is 0.373 e. The van der Waals surface area contributed by atoms with E-state index in [-0.39, 0.29) is 17.3 Å². The van der Waals surface area contributed by atoms with Crippen LogP contribution >= 0.6 is 15.9 Å². The number of hydrogen-bond acceptors (Lipinski definition) is 3. The van der Waals surface area contributed by atoms with Crippen molar-refractivity contribution in [1.82, 2.24) is 4.98 Å². The van der Waals surface area contributed by atoms with Crippen molar-refractivity contribution in [2.45, 2.75) is 6.18 Å². The molecule has 0 saturated heterocycles. The maximum atomic E-state index is 13.6. The Bertz CT molecular complexity index is 658. The molecule has 0 unspecified atom stereocenters. The predicted octanol–water partition coefficient (Wildman–Crippen LogP) is 4.79. The van der Waals surface area contributed by atoms with Crippen LogP contribution in [0.5, 0.6) is 0 Å². The first-order valence-corrected chi connectivity index (χ1v) is 6.58. The highest BCUT2D eigenvalue weighted by molar-refractivity contribution is 9.10. The van der Waals surface area contributed by atoms with E-state index in [0.29, 0.717) is 4.47 Å². The van der Waals surface area contributed by atoms with Gasteiger partial charge >= 0.3 is 6.18 Å². The molecule has 1 aromatic carbocycles. The number of benzene rings is 1. The van der Waals surface area contributed by atoms with Crippen LogP contribution in [0.2, 0.25) is 0 Å². The standard InChI is InChI=1S/C13H10BrF4N3/c1-19-11-4-7(13(16,17)18)5-12(21-11)20-10-6-8(14)2-3-9(10)15/h2-6H,1H3,(H2,19,20,21). The van der Waals surface area contributed by atoms with Gasteiger partial charge in [-0.2, -0.15) is 13.2 Å². The maximum absolute atomic E-state index is 13.6. The topological polar surface area (TPSA) is 37.0 Å². The van der Waals surface area contributed by atoms with Crippen LogP contribution in [0.15, 0.2) is 34.8 Å². The summed E-state index contributed by atoms with van der Waals surface area (Å²) in [5.41, 5.74) is -0.849. The van der Waals surface area contributed by atoms with Crippen molar-refractivity contribution in [3.8, 4) is 0 Å². The molecule has 21 heavy (non-hydrogen) atoms. The van der Waals surface area contributed by atoms with Crippen molar-refractivity contribution in [3.63, 3.8) is 0 Å². The molecule has 112 valence electrons. The average Bonchev–Trinajstić information content (AvgIpc) is 2.41. The Hall–Kier alpha value is -1.83. The van der Waals surface area contributed by atoms with Crippen LogP contribution in [0, 0.1) is 5.82 Å². The second-order valence-corrected chi connectivity index (χ2v) is 5.04. The molecule has 3 nitrogen and oxygen atoms in total. The fourth-order valence-corrected chi connectivity index (χ4v) is 1.98. The zero-order chi connectivity index (χ0) is 15.6. The van der Waals surface area contributed by atoms with Gasteiger partial charge in [-0.3, -0.25) is 0 Å². The lowest BCUT2D eigenvalue weighted by Gasteiger charge is -2.13. The molecule has 8 heteroatoms. The monoisotopic (exact) mass is 363 g/mol. The molecule has 0 fully saturated rings. The molecule has 0 bridgehead atoms. The van der Waals surface area contributed by atoms with Crippen LogP contribution in [0.4, 0.5) is 34.9 Å². The van der Waals surface area contributed by atoms with Crippen LogP contribution in [-0.2, 0) is 6.18 Å². The molecule has 0 atom stereocenters. The Kier molecular flexibility index (Phi) is 4.36. The number of nitrogens with zero attached hydrogens (tertiary/aromatic N) is 1. The molecule has 0 amide bonds. The summed E-state index contributed by atoms with van der Waals surface area (Å²) in [5, 5.41) is 5.08. The van der Waals surface area contributed by atoms with Crippen LogP contribution in [0.3, 0.4) is 0 Å². The molecule has 1 aromatic heterocycles. The van der Waals surface area contributed by atoms with E-state index < -0.39 is 17.6 Å². The highest BCUT2D eigenvalue weighted by atomic mass is 79.9. The van der Waals surface area contributed by atoms with Gasteiger partial charge in [0.05, 0.1) is 11.3 Å². The molecule has 2 N–H and O–H groups in total. The molecule has 0 aliphatic carbocycles. The van der Waals surface area contributed by atoms with E-state index in [0.717, 1.165) is 12.1 Å². The zero-order valence-corrected chi connectivity index (χ0v) is 12.3. The Labute approximate surface area is 126 Å². The van der Waals surface area contributed by atoms with E-state index in [2.05, 4.69) is 31.5 Å². The van der Waals surface area contributed by atoms with E-state index in [1.807, 2.05) is 0 Å². The van der Waals surface area contributed by atoms with Crippen molar-refractivity contribution >= 4 is 33.3 Å². The van der Waals surface area contributed by atoms with E-state index >= 15 is 0 Å². The van der Waals surface area contributed by atoms with Crippen molar-refractivity contribution in [2.75, 3.05) is 17.7 Å². The number of nitrogens with one attached hydrogen (secondary N) is 2. The first-order valence-electron chi connectivity index (χ1n) is 5.78. The molecule has 0 saturated carbocycles. The Morgan fingerprint density at radius 1 is 1.10 bits per heavy atom. The Balaban J connectivity index is 2.42. The number of pyridine rings is 1. The third-order valence-corrected chi connectivity index (χ3v) is 3.09. The first kappa shape index (κ1) is 15.6. The minimum atomic E-state index is -4.51. The summed E-state index contributed by atoms with van der Waals surface area (Å²) in [5.74, 6) is -0.669. The molecule has 0 spiro atoms. The lowest BCUT2D eigenvalue weighted by molar-refractivity contribution is -0.137. The third-order valence-electron chi connectivity index (χ3n) is 2.60. The van der Waals surface area contributed by atoms with Crippen molar-refractivity contribution in [1.29, 1.82) is 0 Å². The normalized spacial score (nSPS) is 11.3. The van der Waals surface area contributed by atoms with Gasteiger partial charge < -0.3 is 10.6 Å². The second kappa shape index (κ2) is 5.88. The molecule has 0 aliphatic heterocycles. The Morgan fingerprint density at radius 2 is 1.76 bits per heavy atom. The molecular weight excluding hydrogens is 354 g/mol. The van der Waals surface area contributed by atoms with Gasteiger partial charge in [-0.15, -0.1) is 0 Å². The Morgan fingerprint density at radius 3 is 2.38 bits per heavy atom. The largest absolute Gasteiger partial charge is 0.416 e. The van der Waals surface area contributed by atoms with Gasteiger partial charge in [0.25, 0.3) is 0 Å². The average molecular weight is 364 g/mol. The highest BCUT2D eigenvalue weighted by Gasteiger charge is 2.31. The van der Waals surface area contributed by atoms with E-state index in [1.54, 1.807) is 0 Å². The summed E-state index contributed by atoms with van der Waals surface area (Å²) in [4.78, 5) is 3.93. The number of alkyl halides is 3. The number of hydrogen-bond donors (Lipinski definition) is 2. The summed E-state index contributed by atoms with van der Waals surface area (Å²) >= 11 is 3.16. The van der Waals surface area contributed by atoms with E-state index in [9.17, 15) is 17.6 Å². The van der Waals surface area contributed by atoms with Gasteiger partial charge in [-0.25, -0.2) is 9.37 Å². The number of rotatable bonds is 3. The fourth-order valence-electron chi connectivity index (χ4n) is 1.62. The van der Waals surface area contributed by atoms with E-state index in [1.165, 1.54) is 25.2 Å². The molecule has 0 radical (unpaired) electrons. The SMILES string of the molecule is CNc1cc(C(F)(F)F)cc(Nc2cc(Br)ccc2F)n1. The quantitative estimate of drug-likeness (QED) is 0.770. The van der Waals surface area contributed by atoms with Crippen LogP contribution in [0.25, 0.3) is 0 Å². The van der Waals surface area contributed by atoms with Gasteiger partial charge in [0.2, 0.25) is 0 Å². The highest BCUT2D eigenvalue weighted by Crippen LogP contribution is 2.33. The zero-order valence-electron chi connectivity index (χ0n) is 10.7. The summed E-state index contributed by atoms with van der Waals surface area (Å²) < 4.78 is 52.6. The minimum Gasteiger partial charge on any atom is -0.373 e. The molecule has 2 aromatic rings. The molecular formula is C13H10BrF4N3. The third kappa shape index (κ3) is 3.84. The summed E-state index contributed by atoms with van der Waals surface area (Å²) in [6.07, 6.45) is -4.51. The van der Waals surface area contributed by atoms with Crippen molar-refractivity contribution in [3.05, 3.63) is 46.2 Å². The van der Waals surface area contributed by atoms with E-state index in [4.69, 9.17) is 0 Å². The van der Waals surface area contributed by atoms with Gasteiger partial charge in [-0.05, 0) is 30.3 Å². The first-order chi connectivity index (χ1) is 9.79. The molecule has 2 rings (SSSR count). The van der Waals surface area contributed by atoms with Crippen molar-refractivity contribution in [2.24, 2.45) is 0 Å². The second-order valence-electron chi connectivity index (χ2n) is 4.12. The lowest BCUT2D eigenvalue weighted by Crippen LogP contribution is -2.08. The maximum Gasteiger partial charge on any atom is 0.416 e. The molecule has 1 heterocycles. The van der Waals surface area contributed by atoms with Crippen LogP contribution in [0.1, 0.15) is 5.56 Å². The lowest BCUT2D eigenvalue weighted by atomic mass is 10.2. The fraction of sp³-hybridized carbons (Fsp3) is 0.154. The summed E-state index contributed by atoms with van der Waals surface area (Å²) in [6, 6.07) is 5.79. The van der Waals surface area contributed by atoms with Crippen LogP contribution < -0.4 is 10.6 Å². The molecule has 0 aliphatic rings. The summed E-state index contributed by atoms with van der Waals surface area (Å²) in [6.45, 7) is 0. The van der Waals surface area contributed by atoms with Gasteiger partial charge in [0, 0.05) is 11.5 Å². The number of anilines is 3. The van der Waals surface area contributed by atoms with Gasteiger partial charge in [-0.1, -0.05) is 15.9 Å². The van der Waals surface area contributed by atoms with Gasteiger partial charge in [0.15, 0.2) is 0 Å². The number of halogens is 5. The predicted molar refractivity (Wildman–Crippen MR) is 76.2 cm³/mol. The van der Waals surface area contributed by atoms with Gasteiger partial charge in [0.1, 0.15) is 17.5 Å².